The molecule has 0 spiro atoms. The molecule has 0 saturated heterocycles. The summed E-state index contributed by atoms with van der Waals surface area (Å²) in [6.45, 7) is 9.65. The zero-order chi connectivity index (χ0) is 14.5. The SMILES string of the molecule is CC(NC1CC2CCC1(C)C2(C)C)c1ccccc1Cl. The first-order valence-corrected chi connectivity index (χ1v) is 8.24. The predicted molar refractivity (Wildman–Crippen MR) is 86.0 cm³/mol. The summed E-state index contributed by atoms with van der Waals surface area (Å²) < 4.78 is 0. The van der Waals surface area contributed by atoms with Crippen molar-refractivity contribution in [2.45, 2.75) is 59.0 Å². The summed E-state index contributed by atoms with van der Waals surface area (Å²) in [4.78, 5) is 0. The fourth-order valence-corrected chi connectivity index (χ4v) is 4.97. The van der Waals surface area contributed by atoms with Crippen LogP contribution in [0.15, 0.2) is 24.3 Å². The van der Waals surface area contributed by atoms with Crippen LogP contribution < -0.4 is 5.32 Å². The third-order valence-corrected chi connectivity index (χ3v) is 6.96. The van der Waals surface area contributed by atoms with Crippen molar-refractivity contribution in [2.24, 2.45) is 16.7 Å². The lowest BCUT2D eigenvalue weighted by molar-refractivity contribution is 0.116. The Morgan fingerprint density at radius 1 is 1.25 bits per heavy atom. The lowest BCUT2D eigenvalue weighted by Gasteiger charge is -2.41. The van der Waals surface area contributed by atoms with Gasteiger partial charge >= 0.3 is 0 Å². The van der Waals surface area contributed by atoms with Gasteiger partial charge in [-0.1, -0.05) is 50.6 Å². The van der Waals surface area contributed by atoms with Gasteiger partial charge in [0.25, 0.3) is 0 Å². The van der Waals surface area contributed by atoms with Gasteiger partial charge in [0.2, 0.25) is 0 Å². The van der Waals surface area contributed by atoms with Gasteiger partial charge in [0.1, 0.15) is 0 Å². The predicted octanol–water partition coefficient (Wildman–Crippen LogP) is 5.21. The van der Waals surface area contributed by atoms with Gasteiger partial charge in [-0.15, -0.1) is 0 Å². The Bertz CT molecular complexity index is 510. The van der Waals surface area contributed by atoms with Crippen molar-refractivity contribution in [2.75, 3.05) is 0 Å². The van der Waals surface area contributed by atoms with E-state index in [1.54, 1.807) is 0 Å². The normalized spacial score (nSPS) is 36.2. The molecule has 2 aliphatic carbocycles. The summed E-state index contributed by atoms with van der Waals surface area (Å²) in [5.41, 5.74) is 2.11. The molecule has 1 aromatic carbocycles. The Morgan fingerprint density at radius 3 is 2.50 bits per heavy atom. The standard InChI is InChI=1S/C18H26ClN/c1-12(14-7-5-6-8-15(14)19)20-16-11-13-9-10-18(16,4)17(13,2)3/h5-8,12-13,16,20H,9-11H2,1-4H3. The summed E-state index contributed by atoms with van der Waals surface area (Å²) in [6, 6.07) is 9.14. The van der Waals surface area contributed by atoms with Crippen LogP contribution in [0, 0.1) is 16.7 Å². The summed E-state index contributed by atoms with van der Waals surface area (Å²) in [7, 11) is 0. The molecule has 0 aromatic heterocycles. The Labute approximate surface area is 128 Å². The van der Waals surface area contributed by atoms with Crippen molar-refractivity contribution in [1.29, 1.82) is 0 Å². The molecular weight excluding hydrogens is 266 g/mol. The zero-order valence-electron chi connectivity index (χ0n) is 13.0. The van der Waals surface area contributed by atoms with Crippen molar-refractivity contribution in [3.05, 3.63) is 34.9 Å². The van der Waals surface area contributed by atoms with Crippen LogP contribution in [0.2, 0.25) is 5.02 Å². The second kappa shape index (κ2) is 4.74. The maximum Gasteiger partial charge on any atom is 0.0453 e. The number of hydrogen-bond acceptors (Lipinski definition) is 1. The van der Waals surface area contributed by atoms with E-state index in [0.717, 1.165) is 10.9 Å². The number of halogens is 1. The molecule has 2 aliphatic rings. The van der Waals surface area contributed by atoms with Crippen LogP contribution >= 0.6 is 11.6 Å². The first-order valence-electron chi connectivity index (χ1n) is 7.87. The third-order valence-electron chi connectivity index (χ3n) is 6.62. The van der Waals surface area contributed by atoms with E-state index < -0.39 is 0 Å². The van der Waals surface area contributed by atoms with Crippen LogP contribution in [-0.4, -0.2) is 6.04 Å². The molecule has 0 amide bonds. The van der Waals surface area contributed by atoms with Crippen LogP contribution in [-0.2, 0) is 0 Å². The van der Waals surface area contributed by atoms with Crippen LogP contribution in [0.5, 0.6) is 0 Å². The first-order chi connectivity index (χ1) is 9.36. The van der Waals surface area contributed by atoms with E-state index >= 15 is 0 Å². The van der Waals surface area contributed by atoms with Crippen molar-refractivity contribution in [3.8, 4) is 0 Å². The Hall–Kier alpha value is -0.530. The Kier molecular flexibility index (Phi) is 3.42. The van der Waals surface area contributed by atoms with Crippen molar-refractivity contribution < 1.29 is 0 Å². The van der Waals surface area contributed by atoms with Crippen molar-refractivity contribution in [3.63, 3.8) is 0 Å². The van der Waals surface area contributed by atoms with Crippen LogP contribution in [0.4, 0.5) is 0 Å². The largest absolute Gasteiger partial charge is 0.307 e. The third kappa shape index (κ3) is 1.94. The molecule has 1 nitrogen and oxygen atoms in total. The van der Waals surface area contributed by atoms with Crippen molar-refractivity contribution in [1.82, 2.24) is 5.32 Å². The molecule has 4 atom stereocenters. The smallest absolute Gasteiger partial charge is 0.0453 e. The average molecular weight is 292 g/mol. The van der Waals surface area contributed by atoms with E-state index in [1.807, 2.05) is 12.1 Å². The minimum Gasteiger partial charge on any atom is -0.307 e. The summed E-state index contributed by atoms with van der Waals surface area (Å²) in [6.07, 6.45) is 4.08. The number of fused-ring (bicyclic) bond motifs is 2. The molecule has 1 aromatic rings. The molecule has 1 N–H and O–H groups in total. The van der Waals surface area contributed by atoms with Gasteiger partial charge < -0.3 is 5.32 Å². The maximum atomic E-state index is 6.33. The maximum absolute atomic E-state index is 6.33. The number of hydrogen-bond donors (Lipinski definition) is 1. The molecular formula is C18H26ClN. The van der Waals surface area contributed by atoms with E-state index in [9.17, 15) is 0 Å². The molecule has 0 radical (unpaired) electrons. The molecule has 110 valence electrons. The second-order valence-electron chi connectivity index (χ2n) is 7.57. The molecule has 2 saturated carbocycles. The number of rotatable bonds is 3. The van der Waals surface area contributed by atoms with Gasteiger partial charge in [0, 0.05) is 17.1 Å². The number of nitrogens with one attached hydrogen (secondary N) is 1. The van der Waals surface area contributed by atoms with E-state index in [2.05, 4.69) is 45.1 Å². The van der Waals surface area contributed by atoms with E-state index in [-0.39, 0.29) is 0 Å². The summed E-state index contributed by atoms with van der Waals surface area (Å²) in [5, 5.41) is 4.75. The molecule has 4 unspecified atom stereocenters. The topological polar surface area (TPSA) is 12.0 Å². The monoisotopic (exact) mass is 291 g/mol. The van der Waals surface area contributed by atoms with Gasteiger partial charge in [-0.2, -0.15) is 0 Å². The fourth-order valence-electron chi connectivity index (χ4n) is 4.67. The zero-order valence-corrected chi connectivity index (χ0v) is 13.8. The first kappa shape index (κ1) is 14.4. The van der Waals surface area contributed by atoms with E-state index in [1.165, 1.54) is 24.8 Å². The molecule has 2 heteroatoms. The fraction of sp³-hybridized carbons (Fsp3) is 0.667. The molecule has 20 heavy (non-hydrogen) atoms. The van der Waals surface area contributed by atoms with Crippen LogP contribution in [0.1, 0.15) is 58.6 Å². The minimum atomic E-state index is 0.320. The van der Waals surface area contributed by atoms with E-state index in [0.29, 0.717) is 22.9 Å². The molecule has 0 aliphatic heterocycles. The van der Waals surface area contributed by atoms with E-state index in [4.69, 9.17) is 11.6 Å². The van der Waals surface area contributed by atoms with Crippen molar-refractivity contribution >= 4 is 11.6 Å². The Morgan fingerprint density at radius 2 is 1.95 bits per heavy atom. The highest BCUT2D eigenvalue weighted by atomic mass is 35.5. The average Bonchev–Trinajstić information content (AvgIpc) is 2.72. The highest BCUT2D eigenvalue weighted by Crippen LogP contribution is 2.65. The minimum absolute atomic E-state index is 0.320. The van der Waals surface area contributed by atoms with Gasteiger partial charge in [-0.3, -0.25) is 0 Å². The highest BCUT2D eigenvalue weighted by Gasteiger charge is 2.61. The molecule has 3 rings (SSSR count). The lowest BCUT2D eigenvalue weighted by Crippen LogP contribution is -2.45. The van der Waals surface area contributed by atoms with Gasteiger partial charge in [-0.25, -0.2) is 0 Å². The molecule has 0 heterocycles. The lowest BCUT2D eigenvalue weighted by atomic mass is 9.69. The van der Waals surface area contributed by atoms with Crippen LogP contribution in [0.25, 0.3) is 0 Å². The number of benzene rings is 1. The van der Waals surface area contributed by atoms with Gasteiger partial charge in [0.15, 0.2) is 0 Å². The highest BCUT2D eigenvalue weighted by molar-refractivity contribution is 6.31. The quantitative estimate of drug-likeness (QED) is 0.806. The van der Waals surface area contributed by atoms with Crippen LogP contribution in [0.3, 0.4) is 0 Å². The molecule has 2 fully saturated rings. The Balaban J connectivity index is 1.79. The second-order valence-corrected chi connectivity index (χ2v) is 7.98. The summed E-state index contributed by atoms with van der Waals surface area (Å²) >= 11 is 6.33. The van der Waals surface area contributed by atoms with Gasteiger partial charge in [-0.05, 0) is 54.6 Å². The molecule has 2 bridgehead atoms. The van der Waals surface area contributed by atoms with Gasteiger partial charge in [0.05, 0.1) is 0 Å². The summed E-state index contributed by atoms with van der Waals surface area (Å²) in [5.74, 6) is 0.878.